The number of imidazole rings is 1. The number of carboxylic acids is 1. The van der Waals surface area contributed by atoms with Crippen LogP contribution in [0.4, 0.5) is 0 Å². The molecule has 9 nitrogen and oxygen atoms in total. The maximum absolute atomic E-state index is 11.7. The fourth-order valence-corrected chi connectivity index (χ4v) is 7.25. The highest BCUT2D eigenvalue weighted by Gasteiger charge is 2.51. The van der Waals surface area contributed by atoms with Crippen LogP contribution in [0.3, 0.4) is 0 Å². The van der Waals surface area contributed by atoms with Gasteiger partial charge in [0.25, 0.3) is 0 Å². The average Bonchev–Trinajstić information content (AvgIpc) is 3.56. The molecule has 0 atom stereocenters. The average molecular weight is 610 g/mol. The Morgan fingerprint density at radius 3 is 2.48 bits per heavy atom. The SMILES string of the molecule is COc1ccc(-c2nc(C34CCC(OCc5c(-c6c(Cl)cncc6Cl)noc5C5CC5)(CC3)CC4)c[nH]2)cc1C(=O)O. The number of rotatable bonds is 9. The van der Waals surface area contributed by atoms with Crippen molar-refractivity contribution in [2.75, 3.05) is 7.11 Å². The Morgan fingerprint density at radius 2 is 1.83 bits per heavy atom. The van der Waals surface area contributed by atoms with E-state index >= 15 is 0 Å². The number of H-pyrrole nitrogens is 1. The number of aromatic amines is 1. The number of pyridine rings is 1. The van der Waals surface area contributed by atoms with Crippen LogP contribution in [0.25, 0.3) is 22.6 Å². The standard InChI is InChI=1S/C31H30Cl2N4O5/c1-40-23-5-4-18(12-19(23)29(38)39)28-35-15-24(36-28)30-6-9-31(10-7-30,11-8-30)41-16-20-26(37-42-27(20)17-2-3-17)25-21(32)13-34-14-22(25)33/h4-5,12-15,17H,2-3,6-11,16H2,1H3,(H,35,36)(H,38,39). The molecular formula is C31H30Cl2N4O5. The van der Waals surface area contributed by atoms with Gasteiger partial charge in [-0.25, -0.2) is 9.78 Å². The van der Waals surface area contributed by atoms with Crippen molar-refractivity contribution >= 4 is 29.2 Å². The van der Waals surface area contributed by atoms with Gasteiger partial charge in [-0.1, -0.05) is 28.4 Å². The minimum atomic E-state index is -1.04. The molecule has 0 aliphatic heterocycles. The molecule has 8 rings (SSSR count). The van der Waals surface area contributed by atoms with E-state index in [0.717, 1.165) is 68.4 Å². The van der Waals surface area contributed by atoms with Crippen molar-refractivity contribution in [3.63, 3.8) is 0 Å². The Hall–Kier alpha value is -3.40. The number of hydrogen-bond donors (Lipinski definition) is 2. The summed E-state index contributed by atoms with van der Waals surface area (Å²) in [5, 5.41) is 14.8. The highest BCUT2D eigenvalue weighted by Crippen LogP contribution is 2.55. The van der Waals surface area contributed by atoms with Gasteiger partial charge in [0.2, 0.25) is 0 Å². The molecule has 4 aliphatic rings. The second-order valence-electron chi connectivity index (χ2n) is 11.7. The lowest BCUT2D eigenvalue weighted by molar-refractivity contribution is -0.127. The predicted octanol–water partition coefficient (Wildman–Crippen LogP) is 7.58. The number of methoxy groups -OCH3 is 1. The maximum Gasteiger partial charge on any atom is 0.339 e. The third-order valence-corrected chi connectivity index (χ3v) is 9.95. The Labute approximate surface area is 252 Å². The van der Waals surface area contributed by atoms with Gasteiger partial charge in [-0.05, 0) is 69.6 Å². The van der Waals surface area contributed by atoms with Crippen molar-refractivity contribution in [3.8, 4) is 28.4 Å². The van der Waals surface area contributed by atoms with E-state index in [1.54, 1.807) is 24.5 Å². The van der Waals surface area contributed by atoms with Gasteiger partial charge in [0, 0.05) is 46.6 Å². The molecule has 4 aromatic rings. The summed E-state index contributed by atoms with van der Waals surface area (Å²) in [4.78, 5) is 24.0. The van der Waals surface area contributed by atoms with E-state index in [2.05, 4.69) is 15.1 Å². The fraction of sp³-hybridized carbons (Fsp3) is 0.419. The second-order valence-corrected chi connectivity index (χ2v) is 12.5. The first-order valence-electron chi connectivity index (χ1n) is 14.2. The Balaban J connectivity index is 1.08. The van der Waals surface area contributed by atoms with Crippen molar-refractivity contribution in [1.82, 2.24) is 20.1 Å². The van der Waals surface area contributed by atoms with E-state index in [0.29, 0.717) is 51.0 Å². The highest BCUT2D eigenvalue weighted by atomic mass is 35.5. The van der Waals surface area contributed by atoms with Crippen molar-refractivity contribution in [1.29, 1.82) is 0 Å². The summed E-state index contributed by atoms with van der Waals surface area (Å²) in [7, 11) is 1.46. The molecule has 4 saturated carbocycles. The number of carbonyl (C=O) groups is 1. The Kier molecular flexibility index (Phi) is 6.79. The molecule has 218 valence electrons. The molecule has 0 unspecified atom stereocenters. The van der Waals surface area contributed by atoms with Gasteiger partial charge in [0.05, 0.1) is 35.1 Å². The number of ether oxygens (including phenoxy) is 2. The zero-order valence-corrected chi connectivity index (χ0v) is 24.6. The van der Waals surface area contributed by atoms with E-state index in [9.17, 15) is 9.90 Å². The second kappa shape index (κ2) is 10.4. The first-order valence-corrected chi connectivity index (χ1v) is 15.0. The van der Waals surface area contributed by atoms with Gasteiger partial charge in [0.15, 0.2) is 0 Å². The zero-order chi connectivity index (χ0) is 29.1. The quantitative estimate of drug-likeness (QED) is 0.199. The number of aromatic nitrogens is 4. The lowest BCUT2D eigenvalue weighted by Crippen LogP contribution is -2.49. The summed E-state index contributed by atoms with van der Waals surface area (Å²) in [5.41, 5.74) is 3.81. The predicted molar refractivity (Wildman–Crippen MR) is 156 cm³/mol. The van der Waals surface area contributed by atoms with E-state index < -0.39 is 5.97 Å². The molecular weight excluding hydrogens is 579 g/mol. The molecule has 4 aliphatic carbocycles. The van der Waals surface area contributed by atoms with E-state index in [-0.39, 0.29) is 16.6 Å². The van der Waals surface area contributed by atoms with Crippen LogP contribution in [-0.2, 0) is 16.8 Å². The maximum atomic E-state index is 11.7. The van der Waals surface area contributed by atoms with Crippen molar-refractivity contribution < 1.29 is 23.9 Å². The number of hydrogen-bond acceptors (Lipinski definition) is 7. The highest BCUT2D eigenvalue weighted by molar-refractivity contribution is 6.38. The molecule has 0 spiro atoms. The van der Waals surface area contributed by atoms with Crippen LogP contribution in [-0.4, -0.2) is 43.9 Å². The van der Waals surface area contributed by atoms with Crippen molar-refractivity contribution in [2.24, 2.45) is 0 Å². The van der Waals surface area contributed by atoms with Crippen molar-refractivity contribution in [3.05, 3.63) is 69.4 Å². The number of benzene rings is 1. The van der Waals surface area contributed by atoms with Gasteiger partial charge < -0.3 is 24.1 Å². The molecule has 3 aromatic heterocycles. The van der Waals surface area contributed by atoms with E-state index in [1.165, 1.54) is 7.11 Å². The molecule has 4 fully saturated rings. The van der Waals surface area contributed by atoms with Gasteiger partial charge >= 0.3 is 5.97 Å². The molecule has 42 heavy (non-hydrogen) atoms. The summed E-state index contributed by atoms with van der Waals surface area (Å²) < 4.78 is 17.8. The number of fused-ring (bicyclic) bond motifs is 3. The first kappa shape index (κ1) is 27.4. The van der Waals surface area contributed by atoms with E-state index in [1.807, 2.05) is 12.3 Å². The molecule has 0 saturated heterocycles. The van der Waals surface area contributed by atoms with Crippen LogP contribution in [0.1, 0.15) is 84.7 Å². The topological polar surface area (TPSA) is 123 Å². The van der Waals surface area contributed by atoms with Crippen LogP contribution in [0.15, 0.2) is 41.3 Å². The first-order chi connectivity index (χ1) is 20.3. The lowest BCUT2D eigenvalue weighted by atomic mass is 9.57. The smallest absolute Gasteiger partial charge is 0.339 e. The van der Waals surface area contributed by atoms with Crippen LogP contribution < -0.4 is 4.74 Å². The molecule has 1 aromatic carbocycles. The van der Waals surface area contributed by atoms with Crippen LogP contribution >= 0.6 is 23.2 Å². The molecule has 2 bridgehead atoms. The molecule has 0 radical (unpaired) electrons. The number of nitrogens with one attached hydrogen (secondary N) is 1. The van der Waals surface area contributed by atoms with Crippen LogP contribution in [0.2, 0.25) is 10.0 Å². The third-order valence-electron chi connectivity index (χ3n) is 9.38. The fourth-order valence-electron chi connectivity index (χ4n) is 6.70. The summed E-state index contributed by atoms with van der Waals surface area (Å²) in [6, 6.07) is 5.09. The third kappa shape index (κ3) is 4.68. The largest absolute Gasteiger partial charge is 0.496 e. The van der Waals surface area contributed by atoms with E-state index in [4.69, 9.17) is 42.2 Å². The Morgan fingerprint density at radius 1 is 1.12 bits per heavy atom. The Bertz CT molecular complexity index is 1630. The number of aromatic carboxylic acids is 1. The summed E-state index contributed by atoms with van der Waals surface area (Å²) in [5.74, 6) is 1.17. The van der Waals surface area contributed by atoms with Crippen molar-refractivity contribution in [2.45, 2.75) is 74.9 Å². The summed E-state index contributed by atoms with van der Waals surface area (Å²) in [6.45, 7) is 0.391. The number of halogens is 2. The monoisotopic (exact) mass is 608 g/mol. The number of carboxylic acid groups (broad SMARTS) is 1. The van der Waals surface area contributed by atoms with Gasteiger partial charge in [-0.3, -0.25) is 4.98 Å². The van der Waals surface area contributed by atoms with Gasteiger partial charge in [-0.15, -0.1) is 0 Å². The summed E-state index contributed by atoms with van der Waals surface area (Å²) in [6.07, 6.45) is 13.0. The van der Waals surface area contributed by atoms with Gasteiger partial charge in [-0.2, -0.15) is 0 Å². The minimum Gasteiger partial charge on any atom is -0.496 e. The minimum absolute atomic E-state index is 0.0262. The normalized spacial score (nSPS) is 23.3. The summed E-state index contributed by atoms with van der Waals surface area (Å²) >= 11 is 13.0. The van der Waals surface area contributed by atoms with Crippen LogP contribution in [0, 0.1) is 0 Å². The van der Waals surface area contributed by atoms with Gasteiger partial charge in [0.1, 0.15) is 28.6 Å². The lowest BCUT2D eigenvalue weighted by Gasteiger charge is -2.52. The molecule has 11 heteroatoms. The number of nitrogens with zero attached hydrogens (tertiary/aromatic N) is 3. The molecule has 3 heterocycles. The van der Waals surface area contributed by atoms with Crippen LogP contribution in [0.5, 0.6) is 5.75 Å². The zero-order valence-electron chi connectivity index (χ0n) is 23.1. The molecule has 0 amide bonds. The molecule has 2 N–H and O–H groups in total.